The molecule has 19 heavy (non-hydrogen) atoms. The van der Waals surface area contributed by atoms with Crippen LogP contribution in [0.25, 0.3) is 0 Å². The van der Waals surface area contributed by atoms with Gasteiger partial charge in [0, 0.05) is 17.0 Å². The Hall–Kier alpha value is -1.73. The average Bonchev–Trinajstić information content (AvgIpc) is 2.76. The van der Waals surface area contributed by atoms with Crippen LogP contribution in [-0.2, 0) is 22.1 Å². The number of amides is 1. The maximum atomic E-state index is 11.8. The van der Waals surface area contributed by atoms with E-state index in [0.29, 0.717) is 10.7 Å². The van der Waals surface area contributed by atoms with Gasteiger partial charge in [-0.05, 0) is 18.2 Å². The molecule has 0 aliphatic rings. The predicted octanol–water partition coefficient (Wildman–Crippen LogP) is 1.31. The summed E-state index contributed by atoms with van der Waals surface area (Å²) in [7, 11) is -1.29. The summed E-state index contributed by atoms with van der Waals surface area (Å²) < 4.78 is 12.8. The minimum Gasteiger partial charge on any atom is -0.324 e. The second-order valence-corrected chi connectivity index (χ2v) is 5.46. The van der Waals surface area contributed by atoms with E-state index in [1.165, 1.54) is 17.2 Å². The first-order valence-electron chi connectivity index (χ1n) is 5.33. The number of hydrogen-bond acceptors (Lipinski definition) is 4. The van der Waals surface area contributed by atoms with E-state index in [0.717, 1.165) is 0 Å². The molecule has 0 fully saturated rings. The van der Waals surface area contributed by atoms with Gasteiger partial charge in [-0.25, -0.2) is 0 Å². The van der Waals surface area contributed by atoms with E-state index in [4.69, 9.17) is 11.6 Å². The topological polar surface area (TPSA) is 76.9 Å². The predicted molar refractivity (Wildman–Crippen MR) is 72.4 cm³/mol. The Morgan fingerprint density at radius 1 is 1.53 bits per heavy atom. The van der Waals surface area contributed by atoms with Crippen molar-refractivity contribution in [3.05, 3.63) is 35.6 Å². The molecule has 2 aromatic rings. The number of carbonyl (C=O) groups is 1. The maximum Gasteiger partial charge on any atom is 0.244 e. The molecule has 6 nitrogen and oxygen atoms in total. The minimum absolute atomic E-state index is 0.00553. The van der Waals surface area contributed by atoms with Crippen molar-refractivity contribution in [3.63, 3.8) is 0 Å². The maximum absolute atomic E-state index is 11.8. The zero-order valence-corrected chi connectivity index (χ0v) is 11.6. The quantitative estimate of drug-likeness (QED) is 0.923. The Morgan fingerprint density at radius 3 is 3.00 bits per heavy atom. The van der Waals surface area contributed by atoms with Crippen LogP contribution in [0.5, 0.6) is 0 Å². The van der Waals surface area contributed by atoms with E-state index in [1.54, 1.807) is 24.3 Å². The van der Waals surface area contributed by atoms with Gasteiger partial charge in [-0.1, -0.05) is 17.7 Å². The molecule has 0 unspecified atom stereocenters. The van der Waals surface area contributed by atoms with E-state index in [9.17, 15) is 9.00 Å². The molecule has 0 saturated carbocycles. The molecular formula is C11H11ClN4O2S. The summed E-state index contributed by atoms with van der Waals surface area (Å²) in [5, 5.41) is 10.8. The zero-order valence-electron chi connectivity index (χ0n) is 10.0. The number of aromatic nitrogens is 3. The van der Waals surface area contributed by atoms with E-state index < -0.39 is 10.8 Å². The van der Waals surface area contributed by atoms with Gasteiger partial charge >= 0.3 is 0 Å². The molecule has 0 saturated heterocycles. The highest BCUT2D eigenvalue weighted by molar-refractivity contribution is 7.84. The van der Waals surface area contributed by atoms with Crippen LogP contribution >= 0.6 is 11.6 Å². The van der Waals surface area contributed by atoms with Crippen LogP contribution in [0, 0.1) is 0 Å². The summed E-state index contributed by atoms with van der Waals surface area (Å²) in [6, 6.07) is 6.83. The SMILES string of the molecule is C[S@@](=O)c1nncn1CC(=O)Nc1cccc(Cl)c1. The smallest absolute Gasteiger partial charge is 0.244 e. The monoisotopic (exact) mass is 298 g/mol. The summed E-state index contributed by atoms with van der Waals surface area (Å²) in [5.41, 5.74) is 0.602. The van der Waals surface area contributed by atoms with Crippen LogP contribution in [-0.4, -0.2) is 31.1 Å². The van der Waals surface area contributed by atoms with Crippen molar-refractivity contribution < 1.29 is 9.00 Å². The van der Waals surface area contributed by atoms with Gasteiger partial charge in [-0.15, -0.1) is 10.2 Å². The number of benzene rings is 1. The van der Waals surface area contributed by atoms with Crippen molar-refractivity contribution in [3.8, 4) is 0 Å². The Kier molecular flexibility index (Phi) is 4.28. The summed E-state index contributed by atoms with van der Waals surface area (Å²) >= 11 is 5.82. The lowest BCUT2D eigenvalue weighted by molar-refractivity contribution is -0.116. The van der Waals surface area contributed by atoms with Crippen molar-refractivity contribution in [2.75, 3.05) is 11.6 Å². The fraction of sp³-hybridized carbons (Fsp3) is 0.182. The number of nitrogens with zero attached hydrogens (tertiary/aromatic N) is 3. The summed E-state index contributed by atoms with van der Waals surface area (Å²) in [5.74, 6) is -0.270. The molecule has 0 radical (unpaired) electrons. The Labute approximate surface area is 117 Å². The van der Waals surface area contributed by atoms with Crippen molar-refractivity contribution in [1.29, 1.82) is 0 Å². The summed E-state index contributed by atoms with van der Waals surface area (Å²) in [6.07, 6.45) is 2.85. The lowest BCUT2D eigenvalue weighted by Crippen LogP contribution is -2.19. The van der Waals surface area contributed by atoms with Crippen molar-refractivity contribution >= 4 is 34.0 Å². The van der Waals surface area contributed by atoms with Gasteiger partial charge in [0.25, 0.3) is 0 Å². The molecule has 1 N–H and O–H groups in total. The fourth-order valence-electron chi connectivity index (χ4n) is 1.50. The number of hydrogen-bond donors (Lipinski definition) is 1. The molecule has 2 rings (SSSR count). The molecular weight excluding hydrogens is 288 g/mol. The van der Waals surface area contributed by atoms with E-state index in [2.05, 4.69) is 15.5 Å². The zero-order chi connectivity index (χ0) is 13.8. The average molecular weight is 299 g/mol. The van der Waals surface area contributed by atoms with E-state index in [1.807, 2.05) is 0 Å². The van der Waals surface area contributed by atoms with Gasteiger partial charge in [0.1, 0.15) is 12.9 Å². The number of carbonyl (C=O) groups excluding carboxylic acids is 1. The van der Waals surface area contributed by atoms with Crippen LogP contribution in [0.3, 0.4) is 0 Å². The third-order valence-electron chi connectivity index (χ3n) is 2.26. The molecule has 1 amide bonds. The fourth-order valence-corrected chi connectivity index (χ4v) is 2.29. The van der Waals surface area contributed by atoms with Gasteiger partial charge in [0.15, 0.2) is 0 Å². The lowest BCUT2D eigenvalue weighted by Gasteiger charge is -2.07. The van der Waals surface area contributed by atoms with E-state index in [-0.39, 0.29) is 17.6 Å². The number of anilines is 1. The summed E-state index contributed by atoms with van der Waals surface area (Å²) in [4.78, 5) is 11.8. The van der Waals surface area contributed by atoms with Crippen LogP contribution < -0.4 is 5.32 Å². The highest BCUT2D eigenvalue weighted by atomic mass is 35.5. The van der Waals surface area contributed by atoms with Crippen molar-refractivity contribution in [2.45, 2.75) is 11.7 Å². The standard InChI is InChI=1S/C11H11ClN4O2S/c1-19(18)11-15-13-7-16(11)6-10(17)14-9-4-2-3-8(12)5-9/h2-5,7H,6H2,1H3,(H,14,17)/t19-/m1/s1. The minimum atomic E-state index is -1.29. The Bertz CT molecular complexity index is 629. The molecule has 1 atom stereocenters. The van der Waals surface area contributed by atoms with Gasteiger partial charge in [-0.2, -0.15) is 0 Å². The van der Waals surface area contributed by atoms with Gasteiger partial charge < -0.3 is 5.32 Å². The first kappa shape index (κ1) is 13.7. The van der Waals surface area contributed by atoms with Gasteiger partial charge in [0.05, 0.1) is 10.8 Å². The third-order valence-corrected chi connectivity index (χ3v) is 3.32. The Morgan fingerprint density at radius 2 is 2.32 bits per heavy atom. The molecule has 1 heterocycles. The van der Waals surface area contributed by atoms with Gasteiger partial charge in [0.2, 0.25) is 11.1 Å². The van der Waals surface area contributed by atoms with Gasteiger partial charge in [-0.3, -0.25) is 13.6 Å². The molecule has 0 spiro atoms. The normalized spacial score (nSPS) is 12.1. The second-order valence-electron chi connectivity index (χ2n) is 3.75. The molecule has 0 aliphatic carbocycles. The molecule has 0 aliphatic heterocycles. The third kappa shape index (κ3) is 3.62. The first-order chi connectivity index (χ1) is 9.06. The van der Waals surface area contributed by atoms with Crippen LogP contribution in [0.2, 0.25) is 5.02 Å². The summed E-state index contributed by atoms with van der Waals surface area (Å²) in [6.45, 7) is -0.00553. The second kappa shape index (κ2) is 5.94. The van der Waals surface area contributed by atoms with Crippen LogP contribution in [0.1, 0.15) is 0 Å². The number of halogens is 1. The van der Waals surface area contributed by atoms with E-state index >= 15 is 0 Å². The first-order valence-corrected chi connectivity index (χ1v) is 7.26. The molecule has 100 valence electrons. The Balaban J connectivity index is 2.05. The molecule has 1 aromatic heterocycles. The highest BCUT2D eigenvalue weighted by Gasteiger charge is 2.11. The van der Waals surface area contributed by atoms with Crippen molar-refractivity contribution in [2.24, 2.45) is 0 Å². The molecule has 0 bridgehead atoms. The van der Waals surface area contributed by atoms with Crippen LogP contribution in [0.15, 0.2) is 35.7 Å². The van der Waals surface area contributed by atoms with Crippen LogP contribution in [0.4, 0.5) is 5.69 Å². The lowest BCUT2D eigenvalue weighted by atomic mass is 10.3. The largest absolute Gasteiger partial charge is 0.324 e. The van der Waals surface area contributed by atoms with Crippen molar-refractivity contribution in [1.82, 2.24) is 14.8 Å². The number of rotatable bonds is 4. The number of nitrogens with one attached hydrogen (secondary N) is 1. The molecule has 1 aromatic carbocycles. The molecule has 8 heteroatoms. The highest BCUT2D eigenvalue weighted by Crippen LogP contribution is 2.14.